The van der Waals surface area contributed by atoms with Gasteiger partial charge in [0.25, 0.3) is 0 Å². The lowest BCUT2D eigenvalue weighted by Gasteiger charge is -1.87. The van der Waals surface area contributed by atoms with Crippen molar-refractivity contribution in [3.05, 3.63) is 35.4 Å². The van der Waals surface area contributed by atoms with E-state index < -0.39 is 0 Å². The van der Waals surface area contributed by atoms with Gasteiger partial charge in [0.2, 0.25) is 0 Å². The van der Waals surface area contributed by atoms with E-state index in [1.807, 2.05) is 24.3 Å². The zero-order valence-corrected chi connectivity index (χ0v) is 9.77. The number of nitrogens with zero attached hydrogens (tertiary/aromatic N) is 1. The van der Waals surface area contributed by atoms with Crippen molar-refractivity contribution in [1.29, 1.82) is 0 Å². The van der Waals surface area contributed by atoms with Gasteiger partial charge in [0.1, 0.15) is 5.82 Å². The van der Waals surface area contributed by atoms with E-state index in [-0.39, 0.29) is 0 Å². The van der Waals surface area contributed by atoms with Crippen LogP contribution < -0.4 is 5.73 Å². The maximum Gasteiger partial charge on any atom is 0.145 e. The Balaban J connectivity index is 2.18. The van der Waals surface area contributed by atoms with Crippen LogP contribution >= 0.6 is 22.9 Å². The molecule has 3 aromatic rings. The third-order valence-corrected chi connectivity index (χ3v) is 3.73. The third-order valence-electron chi connectivity index (χ3n) is 2.34. The van der Waals surface area contributed by atoms with Crippen LogP contribution in [0.2, 0.25) is 5.02 Å². The lowest BCUT2D eigenvalue weighted by molar-refractivity contribution is 1.11. The Morgan fingerprint density at radius 1 is 1.25 bits per heavy atom. The first-order chi connectivity index (χ1) is 7.72. The minimum absolute atomic E-state index is 0.505. The Morgan fingerprint density at radius 3 is 2.88 bits per heavy atom. The number of nitrogens with two attached hydrogens (primary N) is 1. The minimum Gasteiger partial charge on any atom is -0.382 e. The number of halogens is 1. The summed E-state index contributed by atoms with van der Waals surface area (Å²) in [5, 5.41) is 8.70. The Hall–Kier alpha value is -1.52. The Kier molecular flexibility index (Phi) is 2.12. The largest absolute Gasteiger partial charge is 0.382 e. The molecule has 0 atom stereocenters. The SMILES string of the molecule is Nc1cc(-c2cc3cc(Cl)ccc3s2)[nH]n1. The molecule has 16 heavy (non-hydrogen) atoms. The quantitative estimate of drug-likeness (QED) is 0.693. The zero-order valence-electron chi connectivity index (χ0n) is 8.20. The highest BCUT2D eigenvalue weighted by atomic mass is 35.5. The fourth-order valence-corrected chi connectivity index (χ4v) is 2.80. The predicted octanol–water partition coefficient (Wildman–Crippen LogP) is 3.53. The number of nitrogens with one attached hydrogen (secondary N) is 1. The average Bonchev–Trinajstić information content (AvgIpc) is 2.83. The van der Waals surface area contributed by atoms with Crippen molar-refractivity contribution in [2.24, 2.45) is 0 Å². The van der Waals surface area contributed by atoms with Crippen molar-refractivity contribution < 1.29 is 0 Å². The van der Waals surface area contributed by atoms with Gasteiger partial charge >= 0.3 is 0 Å². The smallest absolute Gasteiger partial charge is 0.145 e. The first kappa shape index (κ1) is 9.69. The van der Waals surface area contributed by atoms with Crippen LogP contribution in [0.5, 0.6) is 0 Å². The maximum atomic E-state index is 5.94. The Bertz CT molecular complexity index is 656. The topological polar surface area (TPSA) is 54.7 Å². The van der Waals surface area contributed by atoms with E-state index in [0.717, 1.165) is 21.0 Å². The summed E-state index contributed by atoms with van der Waals surface area (Å²) in [6.45, 7) is 0. The predicted molar refractivity (Wildman–Crippen MR) is 68.8 cm³/mol. The molecule has 0 spiro atoms. The first-order valence-electron chi connectivity index (χ1n) is 4.73. The van der Waals surface area contributed by atoms with Gasteiger partial charge in [0.05, 0.1) is 10.6 Å². The molecular formula is C11H8ClN3S. The number of thiophene rings is 1. The molecule has 0 amide bonds. The van der Waals surface area contributed by atoms with Gasteiger partial charge in [-0.1, -0.05) is 11.6 Å². The normalized spacial score (nSPS) is 11.1. The molecule has 5 heteroatoms. The molecule has 0 aliphatic carbocycles. The van der Waals surface area contributed by atoms with Crippen molar-refractivity contribution in [3.63, 3.8) is 0 Å². The van der Waals surface area contributed by atoms with Crippen LogP contribution in [0.25, 0.3) is 20.7 Å². The number of nitrogen functional groups attached to an aromatic ring is 1. The molecule has 0 saturated carbocycles. The summed E-state index contributed by atoms with van der Waals surface area (Å²) in [5.74, 6) is 0.505. The fourth-order valence-electron chi connectivity index (χ4n) is 1.61. The summed E-state index contributed by atoms with van der Waals surface area (Å²) in [4.78, 5) is 1.11. The van der Waals surface area contributed by atoms with Crippen LogP contribution in [-0.4, -0.2) is 10.2 Å². The van der Waals surface area contributed by atoms with E-state index in [2.05, 4.69) is 16.3 Å². The maximum absolute atomic E-state index is 5.94. The van der Waals surface area contributed by atoms with E-state index in [1.165, 1.54) is 4.70 Å². The second-order valence-corrected chi connectivity index (χ2v) is 5.02. The molecule has 3 nitrogen and oxygen atoms in total. The van der Waals surface area contributed by atoms with E-state index in [4.69, 9.17) is 17.3 Å². The Labute approximate surface area is 101 Å². The zero-order chi connectivity index (χ0) is 11.1. The molecule has 0 unspecified atom stereocenters. The second-order valence-electron chi connectivity index (χ2n) is 3.50. The molecule has 0 fully saturated rings. The molecule has 0 aliphatic heterocycles. The average molecular weight is 250 g/mol. The van der Waals surface area contributed by atoms with Gasteiger partial charge in [0, 0.05) is 15.8 Å². The van der Waals surface area contributed by atoms with Gasteiger partial charge < -0.3 is 5.73 Å². The van der Waals surface area contributed by atoms with Crippen LogP contribution in [-0.2, 0) is 0 Å². The van der Waals surface area contributed by atoms with E-state index >= 15 is 0 Å². The van der Waals surface area contributed by atoms with Gasteiger partial charge in [-0.05, 0) is 29.7 Å². The van der Waals surface area contributed by atoms with Gasteiger partial charge in [-0.15, -0.1) is 11.3 Å². The van der Waals surface area contributed by atoms with Crippen LogP contribution in [0.3, 0.4) is 0 Å². The number of aromatic nitrogens is 2. The van der Waals surface area contributed by atoms with Gasteiger partial charge in [-0.3, -0.25) is 5.10 Å². The van der Waals surface area contributed by atoms with Gasteiger partial charge in [-0.2, -0.15) is 5.10 Å². The lowest BCUT2D eigenvalue weighted by atomic mass is 10.2. The number of hydrogen-bond donors (Lipinski definition) is 2. The van der Waals surface area contributed by atoms with Crippen molar-refractivity contribution in [1.82, 2.24) is 10.2 Å². The van der Waals surface area contributed by atoms with Gasteiger partial charge in [0.15, 0.2) is 0 Å². The number of aromatic amines is 1. The number of H-pyrrole nitrogens is 1. The number of anilines is 1. The van der Waals surface area contributed by atoms with Crippen LogP contribution in [0.1, 0.15) is 0 Å². The summed E-state index contributed by atoms with van der Waals surface area (Å²) < 4.78 is 1.20. The van der Waals surface area contributed by atoms with Gasteiger partial charge in [-0.25, -0.2) is 0 Å². The Morgan fingerprint density at radius 2 is 2.12 bits per heavy atom. The van der Waals surface area contributed by atoms with Crippen molar-refractivity contribution >= 4 is 38.8 Å². The fraction of sp³-hybridized carbons (Fsp3) is 0. The van der Waals surface area contributed by atoms with Crippen molar-refractivity contribution in [3.8, 4) is 10.6 Å². The van der Waals surface area contributed by atoms with Crippen molar-refractivity contribution in [2.45, 2.75) is 0 Å². The molecular weight excluding hydrogens is 242 g/mol. The summed E-state index contributed by atoms with van der Waals surface area (Å²) in [6, 6.07) is 9.78. The minimum atomic E-state index is 0.505. The first-order valence-corrected chi connectivity index (χ1v) is 5.92. The summed E-state index contributed by atoms with van der Waals surface area (Å²) in [5.41, 5.74) is 6.52. The lowest BCUT2D eigenvalue weighted by Crippen LogP contribution is -1.81. The highest BCUT2D eigenvalue weighted by Crippen LogP contribution is 2.34. The summed E-state index contributed by atoms with van der Waals surface area (Å²) in [7, 11) is 0. The molecule has 80 valence electrons. The monoisotopic (exact) mass is 249 g/mol. The number of fused-ring (bicyclic) bond motifs is 1. The van der Waals surface area contributed by atoms with E-state index in [9.17, 15) is 0 Å². The molecule has 2 aromatic heterocycles. The molecule has 3 N–H and O–H groups in total. The number of hydrogen-bond acceptors (Lipinski definition) is 3. The molecule has 0 radical (unpaired) electrons. The van der Waals surface area contributed by atoms with E-state index in [1.54, 1.807) is 11.3 Å². The second kappa shape index (κ2) is 3.50. The van der Waals surface area contributed by atoms with Crippen LogP contribution in [0.4, 0.5) is 5.82 Å². The number of rotatable bonds is 1. The number of benzene rings is 1. The molecule has 1 aromatic carbocycles. The highest BCUT2D eigenvalue weighted by molar-refractivity contribution is 7.22. The molecule has 3 rings (SSSR count). The summed E-state index contributed by atoms with van der Waals surface area (Å²) >= 11 is 7.63. The highest BCUT2D eigenvalue weighted by Gasteiger charge is 2.06. The third kappa shape index (κ3) is 1.56. The molecule has 0 aliphatic rings. The molecule has 0 saturated heterocycles. The van der Waals surface area contributed by atoms with E-state index in [0.29, 0.717) is 5.82 Å². The summed E-state index contributed by atoms with van der Waals surface area (Å²) in [6.07, 6.45) is 0. The van der Waals surface area contributed by atoms with Crippen molar-refractivity contribution in [2.75, 3.05) is 5.73 Å². The van der Waals surface area contributed by atoms with Crippen LogP contribution in [0, 0.1) is 0 Å². The van der Waals surface area contributed by atoms with Crippen LogP contribution in [0.15, 0.2) is 30.3 Å². The molecule has 0 bridgehead atoms. The molecule has 2 heterocycles. The standard InChI is InChI=1S/C11H8ClN3S/c12-7-1-2-9-6(3-7)4-10(16-9)8-5-11(13)15-14-8/h1-5H,(H3,13,14,15).